The van der Waals surface area contributed by atoms with Crippen LogP contribution in [0.4, 0.5) is 0 Å². The lowest BCUT2D eigenvalue weighted by Crippen LogP contribution is -2.05. The lowest BCUT2D eigenvalue weighted by molar-refractivity contribution is 0.480. The van der Waals surface area contributed by atoms with Crippen LogP contribution < -0.4 is 0 Å². The van der Waals surface area contributed by atoms with Gasteiger partial charge in [0.1, 0.15) is 0 Å². The molecule has 1 unspecified atom stereocenters. The Labute approximate surface area is 90.1 Å². The Bertz CT molecular complexity index is 174. The average molecular weight is 194 g/mol. The van der Waals surface area contributed by atoms with Gasteiger partial charge in [-0.1, -0.05) is 58.8 Å². The van der Waals surface area contributed by atoms with Crippen molar-refractivity contribution in [2.45, 2.75) is 53.4 Å². The highest BCUT2D eigenvalue weighted by atomic mass is 14.2. The van der Waals surface area contributed by atoms with E-state index >= 15 is 0 Å². The number of hydrogen-bond donors (Lipinski definition) is 0. The molecule has 82 valence electrons. The molecule has 0 saturated heterocycles. The Balaban J connectivity index is 3.85. The van der Waals surface area contributed by atoms with Crippen LogP contribution in [-0.4, -0.2) is 0 Å². The van der Waals surface area contributed by atoms with Crippen molar-refractivity contribution in [1.29, 1.82) is 0 Å². The molecule has 0 heterocycles. The summed E-state index contributed by atoms with van der Waals surface area (Å²) in [5.41, 5.74) is 0.285. The van der Waals surface area contributed by atoms with E-state index in [1.165, 1.54) is 19.3 Å². The molecule has 1 atom stereocenters. The zero-order valence-electron chi connectivity index (χ0n) is 10.3. The van der Waals surface area contributed by atoms with Crippen LogP contribution in [0.3, 0.4) is 0 Å². The summed E-state index contributed by atoms with van der Waals surface area (Å²) < 4.78 is 0. The zero-order chi connectivity index (χ0) is 11.0. The molecule has 0 N–H and O–H groups in total. The first-order valence-corrected chi connectivity index (χ1v) is 5.80. The molecular formula is C14H26. The SMILES string of the molecule is C=CCC(C)(C)C=CCC(C)CCC. The molecule has 0 aliphatic heterocycles. The molecule has 0 fully saturated rings. The quantitative estimate of drug-likeness (QED) is 0.502. The Kier molecular flexibility index (Phi) is 6.61. The van der Waals surface area contributed by atoms with Gasteiger partial charge in [-0.25, -0.2) is 0 Å². The normalized spacial score (nSPS) is 14.6. The van der Waals surface area contributed by atoms with Gasteiger partial charge in [-0.05, 0) is 24.2 Å². The predicted molar refractivity (Wildman–Crippen MR) is 66.4 cm³/mol. The molecule has 0 heteroatoms. The molecule has 0 radical (unpaired) electrons. The highest BCUT2D eigenvalue weighted by Gasteiger charge is 2.10. The number of rotatable bonds is 7. The van der Waals surface area contributed by atoms with Gasteiger partial charge in [-0.2, -0.15) is 0 Å². The molecule has 0 spiro atoms. The maximum Gasteiger partial charge on any atom is -0.0140 e. The van der Waals surface area contributed by atoms with Crippen molar-refractivity contribution in [3.63, 3.8) is 0 Å². The van der Waals surface area contributed by atoms with Gasteiger partial charge in [-0.3, -0.25) is 0 Å². The third kappa shape index (κ3) is 6.94. The highest BCUT2D eigenvalue weighted by molar-refractivity contribution is 4.98. The zero-order valence-corrected chi connectivity index (χ0v) is 10.3. The summed E-state index contributed by atoms with van der Waals surface area (Å²) in [5.74, 6) is 0.829. The van der Waals surface area contributed by atoms with Crippen molar-refractivity contribution in [3.8, 4) is 0 Å². The Morgan fingerprint density at radius 3 is 2.50 bits per heavy atom. The van der Waals surface area contributed by atoms with E-state index in [9.17, 15) is 0 Å². The largest absolute Gasteiger partial charge is 0.103 e. The molecule has 0 aromatic rings. The fourth-order valence-corrected chi connectivity index (χ4v) is 1.67. The maximum atomic E-state index is 3.78. The minimum atomic E-state index is 0.285. The smallest absolute Gasteiger partial charge is 0.0140 e. The molecule has 14 heavy (non-hydrogen) atoms. The van der Waals surface area contributed by atoms with Gasteiger partial charge in [0.05, 0.1) is 0 Å². The van der Waals surface area contributed by atoms with Crippen LogP contribution >= 0.6 is 0 Å². The summed E-state index contributed by atoms with van der Waals surface area (Å²) in [6.07, 6.45) is 11.6. The van der Waals surface area contributed by atoms with E-state index in [2.05, 4.69) is 46.4 Å². The van der Waals surface area contributed by atoms with E-state index in [0.29, 0.717) is 0 Å². The van der Waals surface area contributed by atoms with Crippen LogP contribution in [0.25, 0.3) is 0 Å². The third-order valence-corrected chi connectivity index (χ3v) is 2.56. The number of hydrogen-bond acceptors (Lipinski definition) is 0. The van der Waals surface area contributed by atoms with E-state index in [1.807, 2.05) is 6.08 Å². The van der Waals surface area contributed by atoms with Crippen LogP contribution in [0.2, 0.25) is 0 Å². The summed E-state index contributed by atoms with van der Waals surface area (Å²) in [6, 6.07) is 0. The summed E-state index contributed by atoms with van der Waals surface area (Å²) in [4.78, 5) is 0. The van der Waals surface area contributed by atoms with Crippen molar-refractivity contribution < 1.29 is 0 Å². The molecule has 0 amide bonds. The van der Waals surface area contributed by atoms with Crippen LogP contribution in [0.1, 0.15) is 53.4 Å². The summed E-state index contributed by atoms with van der Waals surface area (Å²) >= 11 is 0. The fourth-order valence-electron chi connectivity index (χ4n) is 1.67. The molecule has 0 bridgehead atoms. The first-order chi connectivity index (χ1) is 6.52. The maximum absolute atomic E-state index is 3.78. The van der Waals surface area contributed by atoms with Gasteiger partial charge in [0.2, 0.25) is 0 Å². The minimum Gasteiger partial charge on any atom is -0.103 e. The van der Waals surface area contributed by atoms with Gasteiger partial charge >= 0.3 is 0 Å². The molecular weight excluding hydrogens is 168 g/mol. The lowest BCUT2D eigenvalue weighted by atomic mass is 9.88. The predicted octanol–water partition coefficient (Wildman–Crippen LogP) is 4.97. The Morgan fingerprint density at radius 1 is 1.36 bits per heavy atom. The summed E-state index contributed by atoms with van der Waals surface area (Å²) in [7, 11) is 0. The van der Waals surface area contributed by atoms with Crippen molar-refractivity contribution in [3.05, 3.63) is 24.8 Å². The van der Waals surface area contributed by atoms with Gasteiger partial charge in [0.25, 0.3) is 0 Å². The van der Waals surface area contributed by atoms with E-state index in [1.54, 1.807) is 0 Å². The molecule has 0 nitrogen and oxygen atoms in total. The average Bonchev–Trinajstić information content (AvgIpc) is 2.03. The summed E-state index contributed by atoms with van der Waals surface area (Å²) in [5, 5.41) is 0. The topological polar surface area (TPSA) is 0 Å². The van der Waals surface area contributed by atoms with Gasteiger partial charge < -0.3 is 0 Å². The first kappa shape index (κ1) is 13.5. The second-order valence-electron chi connectivity index (χ2n) is 5.01. The van der Waals surface area contributed by atoms with E-state index in [0.717, 1.165) is 12.3 Å². The van der Waals surface area contributed by atoms with E-state index < -0.39 is 0 Å². The second-order valence-corrected chi connectivity index (χ2v) is 5.01. The van der Waals surface area contributed by atoms with Crippen LogP contribution in [0, 0.1) is 11.3 Å². The van der Waals surface area contributed by atoms with E-state index in [-0.39, 0.29) is 5.41 Å². The van der Waals surface area contributed by atoms with Crippen LogP contribution in [-0.2, 0) is 0 Å². The second kappa shape index (κ2) is 6.86. The molecule has 0 saturated carbocycles. The van der Waals surface area contributed by atoms with E-state index in [4.69, 9.17) is 0 Å². The lowest BCUT2D eigenvalue weighted by Gasteiger charge is -2.17. The summed E-state index contributed by atoms with van der Waals surface area (Å²) in [6.45, 7) is 12.9. The monoisotopic (exact) mass is 194 g/mol. The third-order valence-electron chi connectivity index (χ3n) is 2.56. The van der Waals surface area contributed by atoms with Crippen molar-refractivity contribution in [2.75, 3.05) is 0 Å². The van der Waals surface area contributed by atoms with Crippen molar-refractivity contribution in [2.24, 2.45) is 11.3 Å². The first-order valence-electron chi connectivity index (χ1n) is 5.80. The highest BCUT2D eigenvalue weighted by Crippen LogP contribution is 2.23. The Morgan fingerprint density at radius 2 is 2.00 bits per heavy atom. The molecule has 0 aromatic heterocycles. The molecule has 0 aliphatic carbocycles. The fraction of sp³-hybridized carbons (Fsp3) is 0.714. The molecule has 0 aliphatic rings. The minimum absolute atomic E-state index is 0.285. The van der Waals surface area contributed by atoms with Crippen molar-refractivity contribution >= 4 is 0 Å². The van der Waals surface area contributed by atoms with Gasteiger partial charge in [0, 0.05) is 0 Å². The standard InChI is InChI=1S/C14H26/c1-6-9-13(3)10-8-12-14(4,5)11-7-2/h7-8,12-13H,2,6,9-11H2,1,3-5H3. The molecule has 0 rings (SSSR count). The molecule has 0 aromatic carbocycles. The number of allylic oxidation sites excluding steroid dienone is 3. The van der Waals surface area contributed by atoms with Gasteiger partial charge in [0.15, 0.2) is 0 Å². The Hall–Kier alpha value is -0.520. The van der Waals surface area contributed by atoms with Crippen LogP contribution in [0.15, 0.2) is 24.8 Å². The van der Waals surface area contributed by atoms with Crippen molar-refractivity contribution in [1.82, 2.24) is 0 Å². The van der Waals surface area contributed by atoms with Gasteiger partial charge in [-0.15, -0.1) is 6.58 Å². The van der Waals surface area contributed by atoms with Crippen LogP contribution in [0.5, 0.6) is 0 Å².